The number of aryl methyl sites for hydroxylation is 1. The number of primary amides is 1. The summed E-state index contributed by atoms with van der Waals surface area (Å²) in [6, 6.07) is 1.36. The summed E-state index contributed by atoms with van der Waals surface area (Å²) < 4.78 is 32.3. The quantitative estimate of drug-likeness (QED) is 0.898. The number of thiophene rings is 1. The van der Waals surface area contributed by atoms with Crippen molar-refractivity contribution in [1.29, 1.82) is 0 Å². The molecule has 2 heterocycles. The van der Waals surface area contributed by atoms with E-state index in [0.717, 1.165) is 11.3 Å². The molecule has 0 aromatic carbocycles. The number of carbonyl (C=O) groups is 1. The highest BCUT2D eigenvalue weighted by atomic mass is 32.2. The Morgan fingerprint density at radius 3 is 2.40 bits per heavy atom. The van der Waals surface area contributed by atoms with Crippen LogP contribution in [0.2, 0.25) is 0 Å². The molecule has 0 radical (unpaired) electrons. The van der Waals surface area contributed by atoms with Crippen LogP contribution in [-0.2, 0) is 14.8 Å². The number of nitrogens with zero attached hydrogens (tertiary/aromatic N) is 1. The lowest BCUT2D eigenvalue weighted by Crippen LogP contribution is -2.48. The first-order valence-corrected chi connectivity index (χ1v) is 8.53. The number of carbonyl (C=O) groups excluding carboxylic acids is 1. The second-order valence-electron chi connectivity index (χ2n) is 4.97. The number of ether oxygens (including phenoxy) is 1. The molecule has 6 nitrogen and oxygen atoms in total. The van der Waals surface area contributed by atoms with Crippen LogP contribution in [-0.4, -0.2) is 43.9 Å². The summed E-state index contributed by atoms with van der Waals surface area (Å²) >= 11 is 1.10. The van der Waals surface area contributed by atoms with Gasteiger partial charge in [0.25, 0.3) is 5.91 Å². The molecule has 2 rings (SSSR count). The Bertz CT molecular complexity index is 613. The maximum atomic E-state index is 12.7. The highest BCUT2D eigenvalue weighted by molar-refractivity contribution is 7.89. The largest absolute Gasteiger partial charge is 0.373 e. The standard InChI is InChI=1S/C12H18N2O4S2/c1-7-5-14(6-8(2)18-7)20(16,17)11-4-10(12(13)15)19-9(11)3/h4,7-8H,5-6H2,1-3H3,(H2,13,15)/t7-,8-/m1/s1. The first kappa shape index (κ1) is 15.4. The molecule has 0 unspecified atom stereocenters. The molecule has 2 atom stereocenters. The summed E-state index contributed by atoms with van der Waals surface area (Å²) in [6.07, 6.45) is -0.300. The van der Waals surface area contributed by atoms with Gasteiger partial charge in [-0.05, 0) is 26.8 Å². The van der Waals surface area contributed by atoms with E-state index in [9.17, 15) is 13.2 Å². The average Bonchev–Trinajstić information content (AvgIpc) is 2.71. The van der Waals surface area contributed by atoms with Gasteiger partial charge in [-0.1, -0.05) is 0 Å². The molecule has 1 aromatic heterocycles. The van der Waals surface area contributed by atoms with Crippen LogP contribution in [0.25, 0.3) is 0 Å². The third-order valence-electron chi connectivity index (χ3n) is 3.12. The Morgan fingerprint density at radius 2 is 1.95 bits per heavy atom. The van der Waals surface area contributed by atoms with Gasteiger partial charge in [-0.25, -0.2) is 8.42 Å². The molecule has 1 fully saturated rings. The summed E-state index contributed by atoms with van der Waals surface area (Å²) in [5.41, 5.74) is 5.20. The van der Waals surface area contributed by atoms with Crippen LogP contribution in [0.3, 0.4) is 0 Å². The normalized spacial score (nSPS) is 24.8. The molecule has 1 aliphatic heterocycles. The van der Waals surface area contributed by atoms with Crippen molar-refractivity contribution >= 4 is 27.3 Å². The first-order valence-electron chi connectivity index (χ1n) is 6.27. The minimum absolute atomic E-state index is 0.150. The van der Waals surface area contributed by atoms with Crippen LogP contribution < -0.4 is 5.73 Å². The molecule has 1 aromatic rings. The number of amides is 1. The van der Waals surface area contributed by atoms with E-state index < -0.39 is 15.9 Å². The second-order valence-corrected chi connectivity index (χ2v) is 8.14. The lowest BCUT2D eigenvalue weighted by molar-refractivity contribution is -0.0440. The van der Waals surface area contributed by atoms with Gasteiger partial charge < -0.3 is 10.5 Å². The van der Waals surface area contributed by atoms with Crippen LogP contribution in [0.15, 0.2) is 11.0 Å². The average molecular weight is 318 g/mol. The fraction of sp³-hybridized carbons (Fsp3) is 0.583. The van der Waals surface area contributed by atoms with Gasteiger partial charge >= 0.3 is 0 Å². The van der Waals surface area contributed by atoms with E-state index in [0.29, 0.717) is 18.0 Å². The second kappa shape index (κ2) is 5.44. The Labute approximate surface area is 122 Å². The molecular weight excluding hydrogens is 300 g/mol. The van der Waals surface area contributed by atoms with E-state index in [2.05, 4.69) is 0 Å². The van der Waals surface area contributed by atoms with Crippen LogP contribution in [0.1, 0.15) is 28.4 Å². The van der Waals surface area contributed by atoms with Crippen LogP contribution in [0, 0.1) is 6.92 Å². The van der Waals surface area contributed by atoms with E-state index in [4.69, 9.17) is 10.5 Å². The Balaban J connectivity index is 2.37. The minimum atomic E-state index is -3.62. The maximum absolute atomic E-state index is 12.7. The van der Waals surface area contributed by atoms with Crippen molar-refractivity contribution in [3.63, 3.8) is 0 Å². The highest BCUT2D eigenvalue weighted by Gasteiger charge is 2.34. The summed E-state index contributed by atoms with van der Waals surface area (Å²) in [5.74, 6) is -0.608. The smallest absolute Gasteiger partial charge is 0.258 e. The van der Waals surface area contributed by atoms with Crippen molar-refractivity contribution in [1.82, 2.24) is 4.31 Å². The zero-order chi connectivity index (χ0) is 15.1. The first-order chi connectivity index (χ1) is 9.21. The van der Waals surface area contributed by atoms with Crippen molar-refractivity contribution in [3.05, 3.63) is 15.8 Å². The summed E-state index contributed by atoms with van der Waals surface area (Å²) in [6.45, 7) is 5.99. The summed E-state index contributed by atoms with van der Waals surface area (Å²) in [7, 11) is -3.62. The number of hydrogen-bond acceptors (Lipinski definition) is 5. The Kier molecular flexibility index (Phi) is 4.19. The van der Waals surface area contributed by atoms with Gasteiger partial charge in [0.2, 0.25) is 10.0 Å². The number of morpholine rings is 1. The summed E-state index contributed by atoms with van der Waals surface area (Å²) in [4.78, 5) is 12.2. The van der Waals surface area contributed by atoms with Gasteiger partial charge in [-0.2, -0.15) is 4.31 Å². The number of nitrogens with two attached hydrogens (primary N) is 1. The molecule has 8 heteroatoms. The summed E-state index contributed by atoms with van der Waals surface area (Å²) in [5, 5.41) is 0. The van der Waals surface area contributed by atoms with Crippen LogP contribution >= 0.6 is 11.3 Å². The zero-order valence-electron chi connectivity index (χ0n) is 11.6. The lowest BCUT2D eigenvalue weighted by Gasteiger charge is -2.34. The van der Waals surface area contributed by atoms with Gasteiger partial charge in [-0.15, -0.1) is 11.3 Å². The van der Waals surface area contributed by atoms with Gasteiger partial charge in [0.05, 0.1) is 22.0 Å². The third kappa shape index (κ3) is 2.88. The zero-order valence-corrected chi connectivity index (χ0v) is 13.3. The fourth-order valence-corrected chi connectivity index (χ4v) is 5.31. The van der Waals surface area contributed by atoms with Gasteiger partial charge in [0.15, 0.2) is 0 Å². The maximum Gasteiger partial charge on any atom is 0.258 e. The predicted molar refractivity (Wildman–Crippen MR) is 76.3 cm³/mol. The molecule has 1 amide bonds. The topological polar surface area (TPSA) is 89.7 Å². The number of hydrogen-bond donors (Lipinski definition) is 1. The van der Waals surface area contributed by atoms with Crippen LogP contribution in [0.5, 0.6) is 0 Å². The molecule has 20 heavy (non-hydrogen) atoms. The molecule has 0 aliphatic carbocycles. The molecular formula is C12H18N2O4S2. The van der Waals surface area contributed by atoms with E-state index in [1.807, 2.05) is 13.8 Å². The lowest BCUT2D eigenvalue weighted by atomic mass is 10.3. The third-order valence-corrected chi connectivity index (χ3v) is 6.27. The number of sulfonamides is 1. The van der Waals surface area contributed by atoms with Crippen molar-refractivity contribution in [2.24, 2.45) is 5.73 Å². The highest BCUT2D eigenvalue weighted by Crippen LogP contribution is 2.29. The fourth-order valence-electron chi connectivity index (χ4n) is 2.31. The van der Waals surface area contributed by atoms with Gasteiger partial charge in [-0.3, -0.25) is 4.79 Å². The Morgan fingerprint density at radius 1 is 1.40 bits per heavy atom. The van der Waals surface area contributed by atoms with E-state index >= 15 is 0 Å². The molecule has 1 aliphatic rings. The van der Waals surface area contributed by atoms with Crippen molar-refractivity contribution in [2.75, 3.05) is 13.1 Å². The monoisotopic (exact) mass is 318 g/mol. The molecule has 1 saturated heterocycles. The predicted octanol–water partition coefficient (Wildman–Crippen LogP) is 0.953. The van der Waals surface area contributed by atoms with Crippen molar-refractivity contribution in [3.8, 4) is 0 Å². The molecule has 0 bridgehead atoms. The number of rotatable bonds is 3. The molecule has 0 saturated carbocycles. The van der Waals surface area contributed by atoms with Crippen molar-refractivity contribution in [2.45, 2.75) is 37.9 Å². The van der Waals surface area contributed by atoms with E-state index in [1.54, 1.807) is 6.92 Å². The van der Waals surface area contributed by atoms with Crippen LogP contribution in [0.4, 0.5) is 0 Å². The molecule has 112 valence electrons. The SMILES string of the molecule is Cc1sc(C(N)=O)cc1S(=O)(=O)N1C[C@@H](C)O[C@H](C)C1. The Hall–Kier alpha value is -0.960. The molecule has 2 N–H and O–H groups in total. The van der Waals surface area contributed by atoms with Crippen molar-refractivity contribution < 1.29 is 17.9 Å². The van der Waals surface area contributed by atoms with E-state index in [1.165, 1.54) is 10.4 Å². The minimum Gasteiger partial charge on any atom is -0.373 e. The molecule has 0 spiro atoms. The van der Waals surface area contributed by atoms with E-state index in [-0.39, 0.29) is 22.0 Å². The van der Waals surface area contributed by atoms with Gasteiger partial charge in [0, 0.05) is 18.0 Å². The van der Waals surface area contributed by atoms with Gasteiger partial charge in [0.1, 0.15) is 0 Å².